The number of hydrogen-bond acceptors (Lipinski definition) is 1. The van der Waals surface area contributed by atoms with E-state index in [-0.39, 0.29) is 0 Å². The number of methoxy groups -OCH3 is 1. The van der Waals surface area contributed by atoms with Gasteiger partial charge in [0.25, 0.3) is 5.82 Å². The molecule has 0 rings (SSSR count). The first kappa shape index (κ1) is 24.5. The van der Waals surface area contributed by atoms with E-state index in [1.165, 1.54) is 6.54 Å². The summed E-state index contributed by atoms with van der Waals surface area (Å²) >= 11 is 0. The van der Waals surface area contributed by atoms with Crippen LogP contribution in [0, 0.1) is 0 Å². The van der Waals surface area contributed by atoms with Gasteiger partial charge in [0.1, 0.15) is 6.54 Å². The average Bonchev–Trinajstić information content (AvgIpc) is 2.34. The minimum Gasteiger partial charge on any atom is -0.445 e. The minimum atomic E-state index is -7.63. The highest BCUT2D eigenvalue weighted by Gasteiger charge is 2.78. The summed E-state index contributed by atoms with van der Waals surface area (Å²) in [6, 6.07) is 0. The second-order valence-electron chi connectivity index (χ2n) is 5.24. The summed E-state index contributed by atoms with van der Waals surface area (Å²) in [7, 11) is 6.16. The predicted molar refractivity (Wildman–Crippen MR) is 64.4 cm³/mol. The third-order valence-electron chi connectivity index (χ3n) is 2.94. The summed E-state index contributed by atoms with van der Waals surface area (Å²) < 4.78 is 120. The van der Waals surface area contributed by atoms with Crippen LogP contribution in [0.1, 0.15) is 6.92 Å². The molecule has 0 atom stereocenters. The number of alkyl halides is 7. The first-order valence-electron chi connectivity index (χ1n) is 6.20. The molecule has 0 aliphatic carbocycles. The molecule has 0 aliphatic rings. The normalized spacial score (nSPS) is 14.3. The van der Waals surface area contributed by atoms with E-state index in [0.29, 0.717) is 0 Å². The molecule has 0 fully saturated rings. The van der Waals surface area contributed by atoms with E-state index in [2.05, 4.69) is 21.0 Å². The Morgan fingerprint density at radius 1 is 0.913 bits per heavy atom. The zero-order chi connectivity index (χ0) is 19.3. The number of nitrogens with zero attached hydrogens (tertiary/aromatic N) is 1. The Morgan fingerprint density at radius 2 is 1.30 bits per heavy atom. The van der Waals surface area contributed by atoms with Crippen molar-refractivity contribution in [3.63, 3.8) is 0 Å². The first-order chi connectivity index (χ1) is 9.87. The van der Waals surface area contributed by atoms with Crippen molar-refractivity contribution in [3.05, 3.63) is 0 Å². The van der Waals surface area contributed by atoms with Gasteiger partial charge in [0, 0.05) is 7.11 Å². The van der Waals surface area contributed by atoms with Crippen LogP contribution in [0.5, 0.6) is 0 Å². The quantitative estimate of drug-likeness (QED) is 0.392. The minimum absolute atomic E-state index is 0.862. The first-order valence-corrected chi connectivity index (χ1v) is 6.20. The lowest BCUT2D eigenvalue weighted by atomic mass is 9.76. The molecule has 0 radical (unpaired) electrons. The molecule has 0 aromatic carbocycles. The van der Waals surface area contributed by atoms with E-state index in [9.17, 15) is 43.7 Å². The SMILES string of the molecule is CC[N+](C)(C)CCOC.F[B-](F)(F)C(F)(F)C(F)(F)C(F)(F)F. The van der Waals surface area contributed by atoms with Crippen molar-refractivity contribution in [2.45, 2.75) is 24.8 Å². The molecule has 0 heterocycles. The number of ether oxygens (including phenoxy) is 1. The molecule has 0 unspecified atom stereocenters. The number of hydrogen-bond donors (Lipinski definition) is 0. The van der Waals surface area contributed by atoms with Crippen LogP contribution >= 0.6 is 0 Å². The van der Waals surface area contributed by atoms with Crippen LogP contribution in [0.2, 0.25) is 0 Å². The molecular weight excluding hydrogens is 351 g/mol. The van der Waals surface area contributed by atoms with Crippen molar-refractivity contribution in [1.82, 2.24) is 0 Å². The van der Waals surface area contributed by atoms with Crippen molar-refractivity contribution >= 4 is 6.98 Å². The lowest BCUT2D eigenvalue weighted by Crippen LogP contribution is -2.62. The highest BCUT2D eigenvalue weighted by molar-refractivity contribution is 6.61. The van der Waals surface area contributed by atoms with E-state index in [4.69, 9.17) is 4.74 Å². The molecule has 0 aliphatic heterocycles. The van der Waals surface area contributed by atoms with Crippen LogP contribution in [0.25, 0.3) is 0 Å². The lowest BCUT2D eigenvalue weighted by molar-refractivity contribution is -0.888. The second-order valence-corrected chi connectivity index (χ2v) is 5.24. The summed E-state index contributed by atoms with van der Waals surface area (Å²) in [5.74, 6) is -14.2. The zero-order valence-corrected chi connectivity index (χ0v) is 12.8. The van der Waals surface area contributed by atoms with E-state index < -0.39 is 24.9 Å². The molecule has 0 N–H and O–H groups in total. The topological polar surface area (TPSA) is 9.23 Å². The van der Waals surface area contributed by atoms with Gasteiger partial charge in [-0.2, -0.15) is 22.0 Å². The fourth-order valence-electron chi connectivity index (χ4n) is 0.891. The van der Waals surface area contributed by atoms with Crippen molar-refractivity contribution in [2.24, 2.45) is 0 Å². The van der Waals surface area contributed by atoms with E-state index >= 15 is 0 Å². The smallest absolute Gasteiger partial charge is 0.445 e. The fraction of sp³-hybridized carbons (Fsp3) is 1.00. The Hall–Kier alpha value is -0.715. The molecule has 0 spiro atoms. The Kier molecular flexibility index (Phi) is 8.43. The maximum atomic E-state index is 11.6. The highest BCUT2D eigenvalue weighted by atomic mass is 19.4. The molecule has 0 aromatic heterocycles. The number of likely N-dealkylation sites (N-methyl/N-ethyl adjacent to an activating group) is 1. The van der Waals surface area contributed by atoms with Gasteiger partial charge in [0.15, 0.2) is 0 Å². The number of halogens is 10. The molecule has 13 heteroatoms. The van der Waals surface area contributed by atoms with E-state index in [1.54, 1.807) is 7.11 Å². The molecule has 23 heavy (non-hydrogen) atoms. The zero-order valence-electron chi connectivity index (χ0n) is 12.8. The van der Waals surface area contributed by atoms with Crippen LogP contribution in [0.15, 0.2) is 0 Å². The van der Waals surface area contributed by atoms with Crippen LogP contribution < -0.4 is 0 Å². The predicted octanol–water partition coefficient (Wildman–Crippen LogP) is 3.94. The maximum Gasteiger partial charge on any atom is 0.555 e. The van der Waals surface area contributed by atoms with Gasteiger partial charge in [0.05, 0.1) is 27.2 Å². The van der Waals surface area contributed by atoms with Crippen LogP contribution in [-0.4, -0.2) is 70.3 Å². The Balaban J connectivity index is 0. The molecule has 0 aromatic rings. The van der Waals surface area contributed by atoms with Crippen molar-refractivity contribution in [2.75, 3.05) is 40.9 Å². The Morgan fingerprint density at radius 3 is 1.48 bits per heavy atom. The van der Waals surface area contributed by atoms with Crippen LogP contribution in [-0.2, 0) is 4.74 Å². The van der Waals surface area contributed by atoms with Gasteiger partial charge in [-0.05, 0) is 6.92 Å². The van der Waals surface area contributed by atoms with Crippen LogP contribution in [0.4, 0.5) is 43.7 Å². The van der Waals surface area contributed by atoms with E-state index in [1.807, 2.05) is 0 Å². The van der Waals surface area contributed by atoms with Crippen molar-refractivity contribution < 1.29 is 52.9 Å². The molecule has 0 saturated carbocycles. The third kappa shape index (κ3) is 6.73. The number of rotatable bonds is 6. The van der Waals surface area contributed by atoms with E-state index in [0.717, 1.165) is 17.6 Å². The molecule has 0 bridgehead atoms. The molecule has 0 saturated heterocycles. The molecular formula is C10H18BF10NO. The van der Waals surface area contributed by atoms with Gasteiger partial charge in [0.2, 0.25) is 0 Å². The summed E-state index contributed by atoms with van der Waals surface area (Å²) in [5, 5.41) is 0. The van der Waals surface area contributed by atoms with Gasteiger partial charge in [-0.25, -0.2) is 8.78 Å². The van der Waals surface area contributed by atoms with Crippen molar-refractivity contribution in [1.29, 1.82) is 0 Å². The average molecular weight is 369 g/mol. The van der Waals surface area contributed by atoms with Gasteiger partial charge < -0.3 is 22.2 Å². The summed E-state index contributed by atoms with van der Waals surface area (Å²) in [6.45, 7) is -2.30. The molecule has 2 nitrogen and oxygen atoms in total. The summed E-state index contributed by atoms with van der Waals surface area (Å²) in [6.07, 6.45) is -6.95. The summed E-state index contributed by atoms with van der Waals surface area (Å²) in [5.41, 5.74) is 0. The Bertz CT molecular complexity index is 329. The highest BCUT2D eigenvalue weighted by Crippen LogP contribution is 2.51. The van der Waals surface area contributed by atoms with Crippen LogP contribution in [0.3, 0.4) is 0 Å². The lowest BCUT2D eigenvalue weighted by Gasteiger charge is -2.34. The maximum absolute atomic E-state index is 11.6. The Labute approximate surface area is 127 Å². The monoisotopic (exact) mass is 369 g/mol. The molecule has 142 valence electrons. The number of quaternary nitrogens is 1. The van der Waals surface area contributed by atoms with Gasteiger partial charge in [-0.3, -0.25) is 0 Å². The van der Waals surface area contributed by atoms with Gasteiger partial charge in [-0.15, -0.1) is 0 Å². The van der Waals surface area contributed by atoms with Gasteiger partial charge in [-0.1, -0.05) is 0 Å². The largest absolute Gasteiger partial charge is 0.555 e. The fourth-order valence-corrected chi connectivity index (χ4v) is 0.891. The summed E-state index contributed by atoms with van der Waals surface area (Å²) in [4.78, 5) is 0. The third-order valence-corrected chi connectivity index (χ3v) is 2.94. The standard InChI is InChI=1S/C7H18NO.C3BF10/c1-5-8(2,3)6-7-9-4;5-1(6,3(9,10)11)2(7,8)4(12,13)14/h5-7H2,1-4H3;/q+1;-1. The van der Waals surface area contributed by atoms with Crippen molar-refractivity contribution in [3.8, 4) is 0 Å². The second kappa shape index (κ2) is 7.91. The van der Waals surface area contributed by atoms with Gasteiger partial charge >= 0.3 is 19.1 Å². The molecule has 0 amide bonds.